The van der Waals surface area contributed by atoms with Crippen molar-refractivity contribution in [3.05, 3.63) is 24.3 Å². The Labute approximate surface area is 117 Å². The van der Waals surface area contributed by atoms with Crippen LogP contribution in [-0.2, 0) is 0 Å². The van der Waals surface area contributed by atoms with Gasteiger partial charge in [0.1, 0.15) is 0 Å². The van der Waals surface area contributed by atoms with Gasteiger partial charge in [0, 0.05) is 18.1 Å². The fourth-order valence-electron chi connectivity index (χ4n) is 1.75. The number of nitrogens with zero attached hydrogens (tertiary/aromatic N) is 1. The smallest absolute Gasteiger partial charge is 0.151 e. The maximum Gasteiger partial charge on any atom is 0.151 e. The number of benzene rings is 1. The molecule has 2 rings (SSSR count). The molecule has 98 valence electrons. The number of aromatic nitrogens is 1. The van der Waals surface area contributed by atoms with Gasteiger partial charge in [-0.3, -0.25) is 0 Å². The molecular formula is C14H21N2S2+. The first-order valence-corrected chi connectivity index (χ1v) is 8.36. The molecule has 2 nitrogen and oxygen atoms in total. The molecule has 0 radical (unpaired) electrons. The summed E-state index contributed by atoms with van der Waals surface area (Å²) < 4.78 is 2.51. The van der Waals surface area contributed by atoms with Crippen LogP contribution in [0.25, 0.3) is 10.2 Å². The molecule has 1 heterocycles. The first-order chi connectivity index (χ1) is 8.75. The highest BCUT2D eigenvalue weighted by Gasteiger charge is 2.03. The van der Waals surface area contributed by atoms with E-state index in [9.17, 15) is 0 Å². The van der Waals surface area contributed by atoms with E-state index >= 15 is 0 Å². The average molecular weight is 281 g/mol. The zero-order chi connectivity index (χ0) is 12.8. The molecule has 0 aliphatic heterocycles. The van der Waals surface area contributed by atoms with Crippen molar-refractivity contribution in [2.24, 2.45) is 5.92 Å². The second-order valence-corrected chi connectivity index (χ2v) is 7.23. The molecule has 0 atom stereocenters. The van der Waals surface area contributed by atoms with E-state index in [1.165, 1.54) is 34.3 Å². The number of para-hydroxylation sites is 1. The molecule has 18 heavy (non-hydrogen) atoms. The number of nitrogens with two attached hydrogens (primary N) is 1. The number of thiazole rings is 1. The molecule has 0 fully saturated rings. The fraction of sp³-hybridized carbons (Fsp3) is 0.500. The standard InChI is InChI=1S/C14H20N2S2/c1-11(2)10-15-8-5-9-17-14-16-12-6-3-4-7-13(12)18-14/h3-4,6-7,11,15H,5,8-10H2,1-2H3/p+1. The van der Waals surface area contributed by atoms with Crippen LogP contribution in [0, 0.1) is 5.92 Å². The Bertz CT molecular complexity index is 446. The van der Waals surface area contributed by atoms with Crippen LogP contribution in [0.1, 0.15) is 20.3 Å². The molecule has 0 saturated carbocycles. The van der Waals surface area contributed by atoms with Gasteiger partial charge in [0.2, 0.25) is 0 Å². The molecule has 0 aliphatic rings. The Morgan fingerprint density at radius 1 is 1.33 bits per heavy atom. The SMILES string of the molecule is CC(C)C[NH2+]CCCSc1nc2ccccc2s1. The Hall–Kier alpha value is -0.580. The first-order valence-electron chi connectivity index (χ1n) is 6.56. The topological polar surface area (TPSA) is 29.5 Å². The summed E-state index contributed by atoms with van der Waals surface area (Å²) in [5.41, 5.74) is 1.14. The fourth-order valence-corrected chi connectivity index (χ4v) is 3.85. The van der Waals surface area contributed by atoms with Crippen molar-refractivity contribution in [2.45, 2.75) is 24.6 Å². The Morgan fingerprint density at radius 3 is 2.94 bits per heavy atom. The number of hydrogen-bond donors (Lipinski definition) is 1. The lowest BCUT2D eigenvalue weighted by atomic mass is 10.2. The van der Waals surface area contributed by atoms with Crippen LogP contribution in [-0.4, -0.2) is 23.8 Å². The highest BCUT2D eigenvalue weighted by Crippen LogP contribution is 2.29. The van der Waals surface area contributed by atoms with Gasteiger partial charge in [-0.2, -0.15) is 0 Å². The van der Waals surface area contributed by atoms with Crippen molar-refractivity contribution in [3.8, 4) is 0 Å². The molecule has 0 aliphatic carbocycles. The lowest BCUT2D eigenvalue weighted by molar-refractivity contribution is -0.659. The minimum absolute atomic E-state index is 0.793. The molecule has 0 bridgehead atoms. The van der Waals surface area contributed by atoms with Crippen molar-refractivity contribution in [2.75, 3.05) is 18.8 Å². The summed E-state index contributed by atoms with van der Waals surface area (Å²) in [6, 6.07) is 8.37. The van der Waals surface area contributed by atoms with Crippen LogP contribution in [0.15, 0.2) is 28.6 Å². The predicted molar refractivity (Wildman–Crippen MR) is 81.5 cm³/mol. The van der Waals surface area contributed by atoms with E-state index in [0.29, 0.717) is 0 Å². The normalized spacial score (nSPS) is 11.5. The average Bonchev–Trinajstić information content (AvgIpc) is 2.75. The Morgan fingerprint density at radius 2 is 2.17 bits per heavy atom. The number of rotatable bonds is 7. The first kappa shape index (κ1) is 13.8. The van der Waals surface area contributed by atoms with Crippen LogP contribution >= 0.6 is 23.1 Å². The maximum absolute atomic E-state index is 4.63. The van der Waals surface area contributed by atoms with Gasteiger partial charge < -0.3 is 5.32 Å². The molecule has 1 aromatic heterocycles. The van der Waals surface area contributed by atoms with E-state index in [-0.39, 0.29) is 0 Å². The summed E-state index contributed by atoms with van der Waals surface area (Å²) in [4.78, 5) is 4.63. The number of quaternary nitrogens is 1. The molecule has 1 aromatic carbocycles. The quantitative estimate of drug-likeness (QED) is 0.624. The molecule has 0 spiro atoms. The molecule has 0 unspecified atom stereocenters. The van der Waals surface area contributed by atoms with Crippen molar-refractivity contribution in [1.29, 1.82) is 0 Å². The number of thioether (sulfide) groups is 1. The number of fused-ring (bicyclic) bond motifs is 1. The molecule has 2 N–H and O–H groups in total. The Kier molecular flexibility index (Phi) is 5.47. The minimum atomic E-state index is 0.793. The molecule has 0 saturated heterocycles. The molecular weight excluding hydrogens is 260 g/mol. The van der Waals surface area contributed by atoms with Crippen LogP contribution in [0.3, 0.4) is 0 Å². The molecule has 0 amide bonds. The van der Waals surface area contributed by atoms with E-state index in [0.717, 1.165) is 11.4 Å². The molecule has 4 heteroatoms. The van der Waals surface area contributed by atoms with E-state index in [4.69, 9.17) is 0 Å². The van der Waals surface area contributed by atoms with Crippen LogP contribution in [0.2, 0.25) is 0 Å². The Balaban J connectivity index is 1.70. The monoisotopic (exact) mass is 281 g/mol. The third-order valence-electron chi connectivity index (χ3n) is 2.69. The zero-order valence-corrected chi connectivity index (χ0v) is 12.7. The summed E-state index contributed by atoms with van der Waals surface area (Å²) in [5, 5.41) is 2.42. The highest BCUT2D eigenvalue weighted by molar-refractivity contribution is 8.01. The van der Waals surface area contributed by atoms with E-state index in [2.05, 4.69) is 48.4 Å². The van der Waals surface area contributed by atoms with Crippen LogP contribution < -0.4 is 5.32 Å². The van der Waals surface area contributed by atoms with Gasteiger partial charge >= 0.3 is 0 Å². The summed E-state index contributed by atoms with van der Waals surface area (Å²) in [6.45, 7) is 7.01. The zero-order valence-electron chi connectivity index (χ0n) is 11.1. The predicted octanol–water partition coefficient (Wildman–Crippen LogP) is 3.00. The second-order valence-electron chi connectivity index (χ2n) is 4.86. The van der Waals surface area contributed by atoms with Gasteiger partial charge in [-0.05, 0) is 12.1 Å². The van der Waals surface area contributed by atoms with Crippen molar-refractivity contribution in [1.82, 2.24) is 4.98 Å². The van der Waals surface area contributed by atoms with Crippen molar-refractivity contribution >= 4 is 33.3 Å². The van der Waals surface area contributed by atoms with Gasteiger partial charge in [-0.15, -0.1) is 11.3 Å². The third-order valence-corrected chi connectivity index (χ3v) is 4.96. The second kappa shape index (κ2) is 7.12. The van der Waals surface area contributed by atoms with Crippen LogP contribution in [0.4, 0.5) is 0 Å². The van der Waals surface area contributed by atoms with Crippen molar-refractivity contribution < 1.29 is 5.32 Å². The highest BCUT2D eigenvalue weighted by atomic mass is 32.2. The lowest BCUT2D eigenvalue weighted by Crippen LogP contribution is -2.85. The largest absolute Gasteiger partial charge is 0.346 e. The lowest BCUT2D eigenvalue weighted by Gasteiger charge is -2.03. The summed E-state index contributed by atoms with van der Waals surface area (Å²) in [6.07, 6.45) is 1.26. The summed E-state index contributed by atoms with van der Waals surface area (Å²) in [5.74, 6) is 1.97. The van der Waals surface area contributed by atoms with Gasteiger partial charge in [0.25, 0.3) is 0 Å². The van der Waals surface area contributed by atoms with E-state index < -0.39 is 0 Å². The van der Waals surface area contributed by atoms with E-state index in [1.807, 2.05) is 23.1 Å². The van der Waals surface area contributed by atoms with Gasteiger partial charge in [-0.1, -0.05) is 37.7 Å². The van der Waals surface area contributed by atoms with Gasteiger partial charge in [0.05, 0.1) is 23.3 Å². The maximum atomic E-state index is 4.63. The summed E-state index contributed by atoms with van der Waals surface area (Å²) in [7, 11) is 0. The molecule has 2 aromatic rings. The van der Waals surface area contributed by atoms with Crippen molar-refractivity contribution in [3.63, 3.8) is 0 Å². The number of hydrogen-bond acceptors (Lipinski definition) is 3. The third kappa shape index (κ3) is 4.26. The minimum Gasteiger partial charge on any atom is -0.346 e. The van der Waals surface area contributed by atoms with Gasteiger partial charge in [-0.25, -0.2) is 4.98 Å². The van der Waals surface area contributed by atoms with Gasteiger partial charge in [0.15, 0.2) is 4.34 Å². The van der Waals surface area contributed by atoms with Crippen LogP contribution in [0.5, 0.6) is 0 Å². The summed E-state index contributed by atoms with van der Waals surface area (Å²) >= 11 is 3.70. The van der Waals surface area contributed by atoms with E-state index in [1.54, 1.807) is 0 Å².